The molecule has 3 N–H and O–H groups in total. The van der Waals surface area contributed by atoms with Crippen LogP contribution < -0.4 is 16.0 Å². The molecular formula is C19H16N6O. The largest absolute Gasteiger partial charge is 0.340 e. The molecule has 128 valence electrons. The summed E-state index contributed by atoms with van der Waals surface area (Å²) in [6.07, 6.45) is 1.45. The van der Waals surface area contributed by atoms with Crippen LogP contribution in [-0.2, 0) is 4.79 Å². The maximum atomic E-state index is 11.0. The zero-order valence-corrected chi connectivity index (χ0v) is 14.0. The molecule has 7 heteroatoms. The average Bonchev–Trinajstić information content (AvgIpc) is 2.63. The van der Waals surface area contributed by atoms with Gasteiger partial charge in [-0.25, -0.2) is 9.97 Å². The molecule has 0 spiro atoms. The van der Waals surface area contributed by atoms with E-state index in [0.717, 1.165) is 17.1 Å². The minimum absolute atomic E-state index is 0.113. The van der Waals surface area contributed by atoms with Crippen molar-refractivity contribution in [3.05, 3.63) is 66.5 Å². The summed E-state index contributed by atoms with van der Waals surface area (Å²) in [7, 11) is 0. The van der Waals surface area contributed by atoms with Crippen LogP contribution in [0.2, 0.25) is 0 Å². The number of nitrogens with zero attached hydrogens (tertiary/aromatic N) is 3. The van der Waals surface area contributed by atoms with Crippen LogP contribution in [0.15, 0.2) is 60.9 Å². The van der Waals surface area contributed by atoms with Gasteiger partial charge < -0.3 is 16.0 Å². The van der Waals surface area contributed by atoms with Gasteiger partial charge in [0.15, 0.2) is 0 Å². The number of benzene rings is 2. The van der Waals surface area contributed by atoms with Crippen LogP contribution in [0.1, 0.15) is 12.5 Å². The lowest BCUT2D eigenvalue weighted by Gasteiger charge is -2.09. The Morgan fingerprint density at radius 1 is 0.923 bits per heavy atom. The maximum absolute atomic E-state index is 11.0. The Labute approximate surface area is 150 Å². The zero-order chi connectivity index (χ0) is 18.4. The van der Waals surface area contributed by atoms with Crippen LogP contribution in [0.25, 0.3) is 0 Å². The molecule has 7 nitrogen and oxygen atoms in total. The average molecular weight is 344 g/mol. The molecule has 1 amide bonds. The summed E-state index contributed by atoms with van der Waals surface area (Å²) >= 11 is 0. The van der Waals surface area contributed by atoms with E-state index >= 15 is 0 Å². The van der Waals surface area contributed by atoms with Crippen molar-refractivity contribution in [1.82, 2.24) is 9.97 Å². The van der Waals surface area contributed by atoms with Gasteiger partial charge in [0.05, 0.1) is 11.6 Å². The van der Waals surface area contributed by atoms with Crippen LogP contribution >= 0.6 is 0 Å². The predicted octanol–water partition coefficient (Wildman–Crippen LogP) is 3.79. The zero-order valence-electron chi connectivity index (χ0n) is 14.0. The first-order chi connectivity index (χ1) is 12.6. The molecule has 2 aromatic carbocycles. The van der Waals surface area contributed by atoms with Gasteiger partial charge in [-0.15, -0.1) is 0 Å². The highest BCUT2D eigenvalue weighted by molar-refractivity contribution is 5.88. The van der Waals surface area contributed by atoms with Gasteiger partial charge in [0.25, 0.3) is 0 Å². The summed E-state index contributed by atoms with van der Waals surface area (Å²) in [6, 6.07) is 18.3. The van der Waals surface area contributed by atoms with Gasteiger partial charge in [-0.2, -0.15) is 5.26 Å². The van der Waals surface area contributed by atoms with E-state index < -0.39 is 0 Å². The number of aromatic nitrogens is 2. The first-order valence-electron chi connectivity index (χ1n) is 7.86. The van der Waals surface area contributed by atoms with Crippen molar-refractivity contribution in [2.45, 2.75) is 6.92 Å². The van der Waals surface area contributed by atoms with E-state index in [4.69, 9.17) is 5.26 Å². The number of hydrogen-bond donors (Lipinski definition) is 3. The van der Waals surface area contributed by atoms with Gasteiger partial charge in [-0.05, 0) is 42.5 Å². The number of hydrogen-bond acceptors (Lipinski definition) is 6. The van der Waals surface area contributed by atoms with Crippen LogP contribution in [0.5, 0.6) is 0 Å². The quantitative estimate of drug-likeness (QED) is 0.650. The molecule has 3 aromatic rings. The van der Waals surface area contributed by atoms with E-state index in [1.807, 2.05) is 18.2 Å². The molecule has 0 aliphatic carbocycles. The molecule has 1 heterocycles. The summed E-state index contributed by atoms with van der Waals surface area (Å²) in [6.45, 7) is 1.47. The predicted molar refractivity (Wildman–Crippen MR) is 101 cm³/mol. The normalized spacial score (nSPS) is 9.85. The van der Waals surface area contributed by atoms with Crippen molar-refractivity contribution in [1.29, 1.82) is 5.26 Å². The molecule has 0 bridgehead atoms. The van der Waals surface area contributed by atoms with Crippen LogP contribution in [0, 0.1) is 11.3 Å². The van der Waals surface area contributed by atoms with E-state index in [2.05, 4.69) is 32.0 Å². The van der Waals surface area contributed by atoms with E-state index in [0.29, 0.717) is 17.2 Å². The van der Waals surface area contributed by atoms with Crippen molar-refractivity contribution >= 4 is 34.6 Å². The Morgan fingerprint density at radius 2 is 1.58 bits per heavy atom. The van der Waals surface area contributed by atoms with Gasteiger partial charge in [0.2, 0.25) is 5.91 Å². The molecule has 0 saturated carbocycles. The molecule has 0 radical (unpaired) electrons. The number of anilines is 5. The third-order valence-electron chi connectivity index (χ3n) is 3.41. The lowest BCUT2D eigenvalue weighted by Crippen LogP contribution is -2.05. The molecule has 0 atom stereocenters. The highest BCUT2D eigenvalue weighted by Crippen LogP contribution is 2.21. The van der Waals surface area contributed by atoms with Gasteiger partial charge in [0, 0.05) is 30.1 Å². The molecule has 1 aromatic heterocycles. The number of nitriles is 1. The Bertz CT molecular complexity index is 962. The lowest BCUT2D eigenvalue weighted by molar-refractivity contribution is -0.114. The van der Waals surface area contributed by atoms with Crippen LogP contribution in [0.4, 0.5) is 28.7 Å². The molecule has 0 unspecified atom stereocenters. The molecule has 26 heavy (non-hydrogen) atoms. The summed E-state index contributed by atoms with van der Waals surface area (Å²) in [5.74, 6) is 1.11. The smallest absolute Gasteiger partial charge is 0.221 e. The van der Waals surface area contributed by atoms with Gasteiger partial charge in [-0.3, -0.25) is 4.79 Å². The van der Waals surface area contributed by atoms with Gasteiger partial charge in [-0.1, -0.05) is 6.07 Å². The number of nitrogens with one attached hydrogen (secondary N) is 3. The Balaban J connectivity index is 1.71. The van der Waals surface area contributed by atoms with Crippen LogP contribution in [-0.4, -0.2) is 15.9 Å². The minimum Gasteiger partial charge on any atom is -0.340 e. The third kappa shape index (κ3) is 4.55. The minimum atomic E-state index is -0.113. The van der Waals surface area contributed by atoms with E-state index in [1.54, 1.807) is 36.4 Å². The Morgan fingerprint density at radius 3 is 2.23 bits per heavy atom. The molecule has 0 fully saturated rings. The maximum Gasteiger partial charge on any atom is 0.221 e. The molecular weight excluding hydrogens is 328 g/mol. The molecule has 0 aliphatic heterocycles. The Hall–Kier alpha value is -3.92. The SMILES string of the molecule is CC(=O)Nc1ccc(Nc2cc(Nc3cccc(C#N)c3)ncn2)cc1. The monoisotopic (exact) mass is 344 g/mol. The second kappa shape index (κ2) is 7.77. The third-order valence-corrected chi connectivity index (χ3v) is 3.41. The van der Waals surface area contributed by atoms with Gasteiger partial charge >= 0.3 is 0 Å². The number of carbonyl (C=O) groups is 1. The fourth-order valence-corrected chi connectivity index (χ4v) is 2.30. The molecule has 3 rings (SSSR count). The fourth-order valence-electron chi connectivity index (χ4n) is 2.30. The van der Waals surface area contributed by atoms with Crippen molar-refractivity contribution < 1.29 is 4.79 Å². The van der Waals surface area contributed by atoms with Crippen LogP contribution in [0.3, 0.4) is 0 Å². The standard InChI is InChI=1S/C19H16N6O/c1-13(26)23-15-5-7-16(8-6-15)24-18-10-19(22-12-21-18)25-17-4-2-3-14(9-17)11-20/h2-10,12H,1H3,(H,23,26)(H2,21,22,24,25). The van der Waals surface area contributed by atoms with E-state index in [-0.39, 0.29) is 5.91 Å². The first-order valence-corrected chi connectivity index (χ1v) is 7.86. The van der Waals surface area contributed by atoms with E-state index in [9.17, 15) is 4.79 Å². The highest BCUT2D eigenvalue weighted by atomic mass is 16.1. The highest BCUT2D eigenvalue weighted by Gasteiger charge is 2.02. The Kier molecular flexibility index (Phi) is 5.05. The summed E-state index contributed by atoms with van der Waals surface area (Å²) < 4.78 is 0. The number of rotatable bonds is 5. The van der Waals surface area contributed by atoms with Crippen molar-refractivity contribution in [2.75, 3.05) is 16.0 Å². The molecule has 0 saturated heterocycles. The lowest BCUT2D eigenvalue weighted by atomic mass is 10.2. The van der Waals surface area contributed by atoms with Crippen molar-refractivity contribution in [2.24, 2.45) is 0 Å². The summed E-state index contributed by atoms with van der Waals surface area (Å²) in [5.41, 5.74) is 2.90. The van der Waals surface area contributed by atoms with Gasteiger partial charge in [0.1, 0.15) is 18.0 Å². The number of carbonyl (C=O) groups excluding carboxylic acids is 1. The second-order valence-electron chi connectivity index (χ2n) is 5.49. The summed E-state index contributed by atoms with van der Waals surface area (Å²) in [4.78, 5) is 19.4. The summed E-state index contributed by atoms with van der Waals surface area (Å²) in [5, 5.41) is 18.0. The molecule has 0 aliphatic rings. The van der Waals surface area contributed by atoms with Crippen molar-refractivity contribution in [3.63, 3.8) is 0 Å². The second-order valence-corrected chi connectivity index (χ2v) is 5.49. The fraction of sp³-hybridized carbons (Fsp3) is 0.0526. The number of amides is 1. The first kappa shape index (κ1) is 16.9. The topological polar surface area (TPSA) is 103 Å². The van der Waals surface area contributed by atoms with E-state index in [1.165, 1.54) is 13.3 Å². The van der Waals surface area contributed by atoms with Crippen molar-refractivity contribution in [3.8, 4) is 6.07 Å².